The van der Waals surface area contributed by atoms with Gasteiger partial charge >= 0.3 is 0 Å². The number of ether oxygens (including phenoxy) is 1. The largest absolute Gasteiger partial charge is 0.496 e. The zero-order chi connectivity index (χ0) is 18.2. The lowest BCUT2D eigenvalue weighted by atomic mass is 10.2. The number of nitrogens with zero attached hydrogens (tertiary/aromatic N) is 4. The summed E-state index contributed by atoms with van der Waals surface area (Å²) < 4.78 is 7.66. The normalized spacial score (nSPS) is 11.3. The molecule has 0 amide bonds. The molecule has 5 rings (SSSR count). The maximum absolute atomic E-state index is 5.54. The zero-order valence-electron chi connectivity index (χ0n) is 14.7. The van der Waals surface area contributed by atoms with Crippen LogP contribution < -0.4 is 4.74 Å². The molecule has 3 heterocycles. The molecule has 0 aliphatic heterocycles. The number of imidazole rings is 1. The molecule has 0 atom stereocenters. The molecule has 0 aliphatic carbocycles. The van der Waals surface area contributed by atoms with Crippen LogP contribution in [0.2, 0.25) is 0 Å². The maximum atomic E-state index is 5.54. The van der Waals surface area contributed by atoms with E-state index in [0.717, 1.165) is 38.7 Å². The van der Waals surface area contributed by atoms with Crippen molar-refractivity contribution in [1.29, 1.82) is 0 Å². The fraction of sp³-hybridized carbons (Fsp3) is 0.0952. The summed E-state index contributed by atoms with van der Waals surface area (Å²) in [7, 11) is 1.69. The molecule has 0 fully saturated rings. The molecule has 3 aromatic heterocycles. The van der Waals surface area contributed by atoms with Crippen LogP contribution in [0.3, 0.4) is 0 Å². The molecule has 0 saturated carbocycles. The van der Waals surface area contributed by atoms with Crippen LogP contribution in [0.4, 0.5) is 0 Å². The topological polar surface area (TPSA) is 52.8 Å². The van der Waals surface area contributed by atoms with E-state index in [0.29, 0.717) is 12.2 Å². The molecule has 0 bridgehead atoms. The molecule has 5 aromatic rings. The summed E-state index contributed by atoms with van der Waals surface area (Å²) in [6, 6.07) is 20.0. The van der Waals surface area contributed by atoms with Gasteiger partial charge < -0.3 is 9.30 Å². The number of benzene rings is 2. The molecule has 0 N–H and O–H groups in total. The summed E-state index contributed by atoms with van der Waals surface area (Å²) in [6.07, 6.45) is 0. The van der Waals surface area contributed by atoms with E-state index in [1.165, 1.54) is 0 Å². The summed E-state index contributed by atoms with van der Waals surface area (Å²) in [6.45, 7) is 0.612. The quantitative estimate of drug-likeness (QED) is 0.456. The van der Waals surface area contributed by atoms with Crippen molar-refractivity contribution in [3.8, 4) is 16.5 Å². The van der Waals surface area contributed by atoms with Crippen molar-refractivity contribution >= 4 is 33.7 Å². The van der Waals surface area contributed by atoms with E-state index in [1.807, 2.05) is 48.5 Å². The first-order valence-corrected chi connectivity index (χ1v) is 9.50. The standard InChI is InChI=1S/C21H16N4OS/c1-26-17-10-5-2-7-14(17)13-25-20(18-11-6-12-27-18)24-19-21(25)23-16-9-4-3-8-15(16)22-19/h2-12H,13H2,1H3. The van der Waals surface area contributed by atoms with Crippen molar-refractivity contribution in [2.24, 2.45) is 0 Å². The third kappa shape index (κ3) is 2.74. The Morgan fingerprint density at radius 1 is 0.889 bits per heavy atom. The molecule has 0 saturated heterocycles. The highest BCUT2D eigenvalue weighted by Gasteiger charge is 2.18. The second-order valence-corrected chi connectivity index (χ2v) is 7.12. The Labute approximate surface area is 159 Å². The summed E-state index contributed by atoms with van der Waals surface area (Å²) >= 11 is 1.66. The molecule has 27 heavy (non-hydrogen) atoms. The number of para-hydroxylation sites is 3. The van der Waals surface area contributed by atoms with Crippen LogP contribution >= 0.6 is 11.3 Å². The van der Waals surface area contributed by atoms with Crippen molar-refractivity contribution in [3.05, 3.63) is 71.6 Å². The third-order valence-electron chi connectivity index (χ3n) is 4.52. The Hall–Kier alpha value is -3.25. The zero-order valence-corrected chi connectivity index (χ0v) is 15.5. The van der Waals surface area contributed by atoms with Gasteiger partial charge in [-0.15, -0.1) is 11.3 Å². The van der Waals surface area contributed by atoms with Crippen LogP contribution in [-0.4, -0.2) is 26.6 Å². The van der Waals surface area contributed by atoms with Gasteiger partial charge in [0.25, 0.3) is 0 Å². The lowest BCUT2D eigenvalue weighted by Gasteiger charge is -2.11. The molecule has 0 radical (unpaired) electrons. The highest BCUT2D eigenvalue weighted by molar-refractivity contribution is 7.13. The van der Waals surface area contributed by atoms with Gasteiger partial charge in [-0.3, -0.25) is 0 Å². The molecule has 0 aliphatic rings. The van der Waals surface area contributed by atoms with Crippen molar-refractivity contribution in [2.75, 3.05) is 7.11 Å². The van der Waals surface area contributed by atoms with Crippen molar-refractivity contribution < 1.29 is 4.74 Å². The minimum Gasteiger partial charge on any atom is -0.496 e. The van der Waals surface area contributed by atoms with Gasteiger partial charge in [0.15, 0.2) is 17.1 Å². The minimum atomic E-state index is 0.612. The van der Waals surface area contributed by atoms with Crippen LogP contribution in [0.15, 0.2) is 66.0 Å². The van der Waals surface area contributed by atoms with Gasteiger partial charge in [-0.2, -0.15) is 0 Å². The SMILES string of the molecule is COc1ccccc1Cn1c(-c2cccs2)nc2nc3ccccc3nc21. The van der Waals surface area contributed by atoms with Crippen LogP contribution in [0.1, 0.15) is 5.56 Å². The summed E-state index contributed by atoms with van der Waals surface area (Å²) in [4.78, 5) is 15.5. The van der Waals surface area contributed by atoms with Gasteiger partial charge in [0.05, 0.1) is 29.6 Å². The molecule has 132 valence electrons. The lowest BCUT2D eigenvalue weighted by Crippen LogP contribution is -2.04. The number of thiophene rings is 1. The number of aromatic nitrogens is 4. The van der Waals surface area contributed by atoms with E-state index in [2.05, 4.69) is 22.1 Å². The highest BCUT2D eigenvalue weighted by Crippen LogP contribution is 2.30. The second kappa shape index (κ2) is 6.48. The van der Waals surface area contributed by atoms with Gasteiger partial charge in [-0.1, -0.05) is 36.4 Å². The van der Waals surface area contributed by atoms with E-state index in [1.54, 1.807) is 18.4 Å². The summed E-state index contributed by atoms with van der Waals surface area (Å²) in [5.41, 5.74) is 4.23. The van der Waals surface area contributed by atoms with Crippen LogP contribution in [0.5, 0.6) is 5.75 Å². The van der Waals surface area contributed by atoms with Gasteiger partial charge in [0.1, 0.15) is 5.75 Å². The minimum absolute atomic E-state index is 0.612. The van der Waals surface area contributed by atoms with Gasteiger partial charge in [0, 0.05) is 5.56 Å². The Bertz CT molecular complexity index is 1240. The van der Waals surface area contributed by atoms with E-state index in [4.69, 9.17) is 19.7 Å². The maximum Gasteiger partial charge on any atom is 0.198 e. The molecule has 0 spiro atoms. The summed E-state index contributed by atoms with van der Waals surface area (Å²) in [5, 5.41) is 2.06. The van der Waals surface area contributed by atoms with Crippen molar-refractivity contribution in [1.82, 2.24) is 19.5 Å². The van der Waals surface area contributed by atoms with Crippen molar-refractivity contribution in [3.63, 3.8) is 0 Å². The van der Waals surface area contributed by atoms with Gasteiger partial charge in [0.2, 0.25) is 0 Å². The first-order valence-electron chi connectivity index (χ1n) is 8.62. The number of fused-ring (bicyclic) bond motifs is 2. The average Bonchev–Trinajstić information content (AvgIpc) is 3.35. The predicted molar refractivity (Wildman–Crippen MR) is 108 cm³/mol. The van der Waals surface area contributed by atoms with Crippen LogP contribution in [0.25, 0.3) is 33.0 Å². The number of hydrogen-bond donors (Lipinski definition) is 0. The average molecular weight is 372 g/mol. The molecule has 5 nitrogen and oxygen atoms in total. The van der Waals surface area contributed by atoms with Gasteiger partial charge in [-0.05, 0) is 29.6 Å². The smallest absolute Gasteiger partial charge is 0.198 e. The first-order chi connectivity index (χ1) is 13.3. The monoisotopic (exact) mass is 372 g/mol. The van der Waals surface area contributed by atoms with Crippen LogP contribution in [-0.2, 0) is 6.54 Å². The van der Waals surface area contributed by atoms with E-state index in [-0.39, 0.29) is 0 Å². The Balaban J connectivity index is 1.77. The summed E-state index contributed by atoms with van der Waals surface area (Å²) in [5.74, 6) is 1.73. The Morgan fingerprint density at radius 2 is 1.67 bits per heavy atom. The molecule has 6 heteroatoms. The van der Waals surface area contributed by atoms with Crippen LogP contribution in [0, 0.1) is 0 Å². The Kier molecular flexibility index (Phi) is 3.83. The highest BCUT2D eigenvalue weighted by atomic mass is 32.1. The molecule has 2 aromatic carbocycles. The third-order valence-corrected chi connectivity index (χ3v) is 5.39. The predicted octanol–water partition coefficient (Wildman–Crippen LogP) is 4.76. The number of rotatable bonds is 4. The fourth-order valence-corrected chi connectivity index (χ4v) is 3.97. The number of methoxy groups -OCH3 is 1. The number of hydrogen-bond acceptors (Lipinski definition) is 5. The van der Waals surface area contributed by atoms with Crippen molar-refractivity contribution in [2.45, 2.75) is 6.54 Å². The lowest BCUT2D eigenvalue weighted by molar-refractivity contribution is 0.408. The molecule has 0 unspecified atom stereocenters. The molecular weight excluding hydrogens is 356 g/mol. The fourth-order valence-electron chi connectivity index (χ4n) is 3.25. The van der Waals surface area contributed by atoms with E-state index in [9.17, 15) is 0 Å². The first kappa shape index (κ1) is 16.0. The molecular formula is C21H16N4OS. The van der Waals surface area contributed by atoms with E-state index < -0.39 is 0 Å². The van der Waals surface area contributed by atoms with E-state index >= 15 is 0 Å². The van der Waals surface area contributed by atoms with Gasteiger partial charge in [-0.25, -0.2) is 15.0 Å². The Morgan fingerprint density at radius 3 is 2.44 bits per heavy atom. The second-order valence-electron chi connectivity index (χ2n) is 6.17.